The smallest absolute Gasteiger partial charge is 0.274 e. The molecule has 1 aromatic carbocycles. The van der Waals surface area contributed by atoms with E-state index >= 15 is 0 Å². The van der Waals surface area contributed by atoms with Gasteiger partial charge in [0.1, 0.15) is 0 Å². The number of carbonyl (C=O) groups is 1. The fraction of sp³-hybridized carbons (Fsp3) is 0.222. The minimum absolute atomic E-state index is 0.0220. The number of amides is 1. The van der Waals surface area contributed by atoms with Gasteiger partial charge in [0.25, 0.3) is 5.91 Å². The highest BCUT2D eigenvalue weighted by molar-refractivity contribution is 5.93. The minimum atomic E-state index is -0.513. The maximum absolute atomic E-state index is 12.9. The van der Waals surface area contributed by atoms with E-state index in [0.717, 1.165) is 6.07 Å². The lowest BCUT2D eigenvalue weighted by Crippen LogP contribution is -2.21. The number of carbonyl (C=O) groups excluding carboxylic acids is 1. The molecule has 0 spiro atoms. The Morgan fingerprint density at radius 1 is 1.43 bits per heavy atom. The molecule has 0 aromatic heterocycles. The molecule has 0 aliphatic carbocycles. The van der Waals surface area contributed by atoms with E-state index in [-0.39, 0.29) is 11.3 Å². The first kappa shape index (κ1) is 10.5. The zero-order chi connectivity index (χ0) is 10.6. The minimum Gasteiger partial charge on any atom is -0.494 e. The van der Waals surface area contributed by atoms with Gasteiger partial charge in [0.15, 0.2) is 11.6 Å². The molecule has 0 fully saturated rings. The Kier molecular flexibility index (Phi) is 3.41. The lowest BCUT2D eigenvalue weighted by atomic mass is 10.2. The molecule has 0 aliphatic heterocycles. The second kappa shape index (κ2) is 4.57. The summed E-state index contributed by atoms with van der Waals surface area (Å²) in [6.45, 7) is 0. The van der Waals surface area contributed by atoms with Crippen LogP contribution < -0.4 is 10.2 Å². The van der Waals surface area contributed by atoms with Gasteiger partial charge < -0.3 is 4.74 Å². The van der Waals surface area contributed by atoms with Gasteiger partial charge in [-0.15, -0.1) is 0 Å². The molecule has 0 heterocycles. The van der Waals surface area contributed by atoms with Crippen LogP contribution in [0.25, 0.3) is 0 Å². The van der Waals surface area contributed by atoms with Crippen molar-refractivity contribution >= 4 is 5.91 Å². The number of nitrogens with one attached hydrogen (secondary N) is 1. The predicted octanol–water partition coefficient (Wildman–Crippen LogP) is 1.13. The molecule has 0 unspecified atom stereocenters. The van der Waals surface area contributed by atoms with E-state index in [2.05, 4.69) is 10.3 Å². The summed E-state index contributed by atoms with van der Waals surface area (Å²) in [5.41, 5.74) is 2.38. The van der Waals surface area contributed by atoms with Gasteiger partial charge in [-0.2, -0.15) is 0 Å². The van der Waals surface area contributed by atoms with Gasteiger partial charge in [-0.1, -0.05) is 0 Å². The predicted molar refractivity (Wildman–Crippen MR) is 47.4 cm³/mol. The number of rotatable bonds is 3. The quantitative estimate of drug-likeness (QED) is 0.742. The summed E-state index contributed by atoms with van der Waals surface area (Å²) in [5, 5.41) is 0. The lowest BCUT2D eigenvalue weighted by Gasteiger charge is -2.05. The largest absolute Gasteiger partial charge is 0.494 e. The highest BCUT2D eigenvalue weighted by Gasteiger charge is 2.09. The summed E-state index contributed by atoms with van der Waals surface area (Å²) in [5.74, 6) is -0.944. The van der Waals surface area contributed by atoms with Crippen molar-refractivity contribution in [2.24, 2.45) is 0 Å². The number of hydrogen-bond acceptors (Lipinski definition) is 3. The maximum atomic E-state index is 12.9. The first-order chi connectivity index (χ1) is 6.69. The number of halogens is 1. The van der Waals surface area contributed by atoms with Gasteiger partial charge in [-0.3, -0.25) is 9.63 Å². The fourth-order valence-corrected chi connectivity index (χ4v) is 0.953. The van der Waals surface area contributed by atoms with Crippen LogP contribution >= 0.6 is 0 Å². The maximum Gasteiger partial charge on any atom is 0.274 e. The zero-order valence-corrected chi connectivity index (χ0v) is 7.83. The summed E-state index contributed by atoms with van der Waals surface area (Å²) in [4.78, 5) is 15.6. The highest BCUT2D eigenvalue weighted by Crippen LogP contribution is 2.17. The molecule has 1 aromatic rings. The molecule has 4 nitrogen and oxygen atoms in total. The molecule has 0 bridgehead atoms. The molecule has 1 rings (SSSR count). The second-order valence-corrected chi connectivity index (χ2v) is 2.48. The topological polar surface area (TPSA) is 47.6 Å². The fourth-order valence-electron chi connectivity index (χ4n) is 0.953. The van der Waals surface area contributed by atoms with Crippen LogP contribution in [0, 0.1) is 5.82 Å². The summed E-state index contributed by atoms with van der Waals surface area (Å²) in [6.07, 6.45) is 0. The van der Waals surface area contributed by atoms with Crippen LogP contribution in [0.2, 0.25) is 0 Å². The molecule has 76 valence electrons. The summed E-state index contributed by atoms with van der Waals surface area (Å²) in [6, 6.07) is 3.79. The monoisotopic (exact) mass is 199 g/mol. The molecular weight excluding hydrogens is 189 g/mol. The van der Waals surface area contributed by atoms with E-state index in [1.807, 2.05) is 0 Å². The van der Waals surface area contributed by atoms with Crippen molar-refractivity contribution in [3.8, 4) is 5.75 Å². The van der Waals surface area contributed by atoms with E-state index in [4.69, 9.17) is 4.74 Å². The Hall–Kier alpha value is -1.62. The Morgan fingerprint density at radius 3 is 2.71 bits per heavy atom. The van der Waals surface area contributed by atoms with Crippen molar-refractivity contribution in [2.75, 3.05) is 14.2 Å². The van der Waals surface area contributed by atoms with Crippen LogP contribution in [0.5, 0.6) is 5.75 Å². The first-order valence-corrected chi connectivity index (χ1v) is 3.86. The van der Waals surface area contributed by atoms with Gasteiger partial charge in [-0.05, 0) is 18.2 Å². The van der Waals surface area contributed by atoms with Crippen molar-refractivity contribution in [1.29, 1.82) is 0 Å². The third kappa shape index (κ3) is 2.20. The molecular formula is C9H10FNO3. The number of benzene rings is 1. The van der Waals surface area contributed by atoms with Crippen molar-refractivity contribution in [2.45, 2.75) is 0 Å². The lowest BCUT2D eigenvalue weighted by molar-refractivity contribution is 0.0537. The van der Waals surface area contributed by atoms with Crippen molar-refractivity contribution in [3.05, 3.63) is 29.6 Å². The Labute approximate surface area is 80.6 Å². The van der Waals surface area contributed by atoms with Crippen LogP contribution in [0.15, 0.2) is 18.2 Å². The molecule has 5 heteroatoms. The average molecular weight is 199 g/mol. The second-order valence-electron chi connectivity index (χ2n) is 2.48. The van der Waals surface area contributed by atoms with Crippen molar-refractivity contribution < 1.29 is 18.8 Å². The van der Waals surface area contributed by atoms with E-state index in [9.17, 15) is 9.18 Å². The van der Waals surface area contributed by atoms with E-state index in [1.165, 1.54) is 26.4 Å². The van der Waals surface area contributed by atoms with Crippen LogP contribution in [-0.4, -0.2) is 20.1 Å². The number of methoxy groups -OCH3 is 1. The van der Waals surface area contributed by atoms with Crippen molar-refractivity contribution in [3.63, 3.8) is 0 Å². The van der Waals surface area contributed by atoms with Gasteiger partial charge in [-0.25, -0.2) is 9.87 Å². The van der Waals surface area contributed by atoms with Gasteiger partial charge in [0, 0.05) is 5.56 Å². The van der Waals surface area contributed by atoms with Gasteiger partial charge in [0.05, 0.1) is 14.2 Å². The summed E-state index contributed by atoms with van der Waals surface area (Å²) in [7, 11) is 2.65. The van der Waals surface area contributed by atoms with Crippen LogP contribution in [0.1, 0.15) is 10.4 Å². The normalized spacial score (nSPS) is 9.64. The average Bonchev–Trinajstić information content (AvgIpc) is 2.19. The third-order valence-corrected chi connectivity index (χ3v) is 1.61. The van der Waals surface area contributed by atoms with Gasteiger partial charge in [0.2, 0.25) is 0 Å². The Balaban J connectivity index is 2.94. The number of hydrogen-bond donors (Lipinski definition) is 1. The molecule has 1 amide bonds. The van der Waals surface area contributed by atoms with Gasteiger partial charge >= 0.3 is 0 Å². The highest BCUT2D eigenvalue weighted by atomic mass is 19.1. The SMILES string of the molecule is CONC(=O)c1ccc(F)c(OC)c1. The number of ether oxygens (including phenoxy) is 1. The van der Waals surface area contributed by atoms with Crippen molar-refractivity contribution in [1.82, 2.24) is 5.48 Å². The van der Waals surface area contributed by atoms with E-state index in [1.54, 1.807) is 0 Å². The Bertz CT molecular complexity index is 341. The summed E-state index contributed by atoms with van der Waals surface area (Å²) >= 11 is 0. The molecule has 0 atom stereocenters. The van der Waals surface area contributed by atoms with Crippen LogP contribution in [0.3, 0.4) is 0 Å². The third-order valence-electron chi connectivity index (χ3n) is 1.61. The Morgan fingerprint density at radius 2 is 2.14 bits per heavy atom. The molecule has 0 aliphatic rings. The van der Waals surface area contributed by atoms with Crippen LogP contribution in [0.4, 0.5) is 4.39 Å². The standard InChI is InChI=1S/C9H10FNO3/c1-13-8-5-6(3-4-7(8)10)9(12)11-14-2/h3-5H,1-2H3,(H,11,12). The zero-order valence-electron chi connectivity index (χ0n) is 7.83. The summed E-state index contributed by atoms with van der Waals surface area (Å²) < 4.78 is 17.6. The molecule has 14 heavy (non-hydrogen) atoms. The molecule has 0 saturated heterocycles. The first-order valence-electron chi connectivity index (χ1n) is 3.86. The van der Waals surface area contributed by atoms with E-state index < -0.39 is 11.7 Å². The van der Waals surface area contributed by atoms with E-state index in [0.29, 0.717) is 0 Å². The molecule has 1 N–H and O–H groups in total. The molecule has 0 radical (unpaired) electrons. The number of hydroxylamine groups is 1. The molecule has 0 saturated carbocycles. The van der Waals surface area contributed by atoms with Crippen LogP contribution in [-0.2, 0) is 4.84 Å².